The van der Waals surface area contributed by atoms with Crippen molar-refractivity contribution in [3.8, 4) is 0 Å². The van der Waals surface area contributed by atoms with E-state index in [1.807, 2.05) is 13.0 Å². The van der Waals surface area contributed by atoms with Crippen molar-refractivity contribution < 1.29 is 29.2 Å². The van der Waals surface area contributed by atoms with Gasteiger partial charge in [-0.25, -0.2) is 10.1 Å². The fraction of sp³-hybridized carbons (Fsp3) is 0.333. The zero-order valence-electron chi connectivity index (χ0n) is 15.5. The molecule has 0 saturated heterocycles. The molecule has 1 N–H and O–H groups in total. The van der Waals surface area contributed by atoms with Crippen LogP contribution in [0.25, 0.3) is 0 Å². The van der Waals surface area contributed by atoms with Crippen LogP contribution < -0.4 is 0 Å². The van der Waals surface area contributed by atoms with Crippen molar-refractivity contribution in [3.63, 3.8) is 0 Å². The first-order chi connectivity index (χ1) is 12.9. The second-order valence-corrected chi connectivity index (χ2v) is 6.64. The molecule has 0 aliphatic heterocycles. The standard InChI is InChI=1S/C21H22O6/c1-4-14-9-10-18-16(11-14)20(23)15-7-5-6-8-17(15)21(18,27-24)25-12-19(22)26-13(2)3/h5-11,13,24H,4,12H2,1-3H3. The van der Waals surface area contributed by atoms with E-state index in [0.29, 0.717) is 22.3 Å². The van der Waals surface area contributed by atoms with Crippen LogP contribution in [0.5, 0.6) is 0 Å². The number of ether oxygens (including phenoxy) is 2. The Morgan fingerprint density at radius 2 is 1.81 bits per heavy atom. The molecule has 1 aliphatic carbocycles. The van der Waals surface area contributed by atoms with Crippen molar-refractivity contribution in [1.29, 1.82) is 0 Å². The van der Waals surface area contributed by atoms with Crippen LogP contribution >= 0.6 is 0 Å². The quantitative estimate of drug-likeness (QED) is 0.363. The molecule has 27 heavy (non-hydrogen) atoms. The molecule has 0 aromatic heterocycles. The molecule has 2 aromatic carbocycles. The Morgan fingerprint density at radius 3 is 2.48 bits per heavy atom. The number of hydrogen-bond acceptors (Lipinski definition) is 6. The SMILES string of the molecule is CCc1ccc2c(c1)C(=O)c1ccccc1C2(OO)OCC(=O)OC(C)C. The number of benzene rings is 2. The van der Waals surface area contributed by atoms with Gasteiger partial charge in [-0.1, -0.05) is 43.3 Å². The topological polar surface area (TPSA) is 82.1 Å². The van der Waals surface area contributed by atoms with Gasteiger partial charge in [-0.15, -0.1) is 0 Å². The highest BCUT2D eigenvalue weighted by Crippen LogP contribution is 2.43. The molecule has 0 spiro atoms. The van der Waals surface area contributed by atoms with Gasteiger partial charge in [-0.2, -0.15) is 4.89 Å². The van der Waals surface area contributed by atoms with E-state index < -0.39 is 18.4 Å². The summed E-state index contributed by atoms with van der Waals surface area (Å²) >= 11 is 0. The lowest BCUT2D eigenvalue weighted by Crippen LogP contribution is -2.41. The Balaban J connectivity index is 2.11. The third-order valence-electron chi connectivity index (χ3n) is 4.51. The van der Waals surface area contributed by atoms with Gasteiger partial charge in [0.2, 0.25) is 0 Å². The number of ketones is 1. The number of fused-ring (bicyclic) bond motifs is 2. The molecule has 3 rings (SSSR count). The van der Waals surface area contributed by atoms with E-state index in [9.17, 15) is 14.8 Å². The Kier molecular flexibility index (Phi) is 5.41. The van der Waals surface area contributed by atoms with E-state index in [1.165, 1.54) is 0 Å². The van der Waals surface area contributed by atoms with Crippen molar-refractivity contribution in [2.75, 3.05) is 6.61 Å². The van der Waals surface area contributed by atoms with E-state index in [-0.39, 0.29) is 11.9 Å². The van der Waals surface area contributed by atoms with E-state index in [1.54, 1.807) is 50.2 Å². The molecule has 0 bridgehead atoms. The maximum absolute atomic E-state index is 13.0. The zero-order chi connectivity index (χ0) is 19.6. The van der Waals surface area contributed by atoms with Gasteiger partial charge in [0.15, 0.2) is 5.78 Å². The van der Waals surface area contributed by atoms with E-state index in [2.05, 4.69) is 0 Å². The molecule has 1 atom stereocenters. The molecule has 0 saturated carbocycles. The average molecular weight is 370 g/mol. The molecule has 1 aliphatic rings. The first-order valence-corrected chi connectivity index (χ1v) is 8.86. The predicted molar refractivity (Wildman–Crippen MR) is 97.4 cm³/mol. The molecule has 2 aromatic rings. The Morgan fingerprint density at radius 1 is 1.11 bits per heavy atom. The van der Waals surface area contributed by atoms with E-state index in [4.69, 9.17) is 14.4 Å². The maximum atomic E-state index is 13.0. The first kappa shape index (κ1) is 19.2. The lowest BCUT2D eigenvalue weighted by Gasteiger charge is -2.36. The van der Waals surface area contributed by atoms with Crippen LogP contribution in [0.3, 0.4) is 0 Å². The Labute approximate surface area is 157 Å². The summed E-state index contributed by atoms with van der Waals surface area (Å²) in [6.45, 7) is 4.99. The monoisotopic (exact) mass is 370 g/mol. The van der Waals surface area contributed by atoms with Crippen LogP contribution in [0.1, 0.15) is 53.4 Å². The summed E-state index contributed by atoms with van der Waals surface area (Å²) in [6, 6.07) is 12.0. The van der Waals surface area contributed by atoms with Gasteiger partial charge < -0.3 is 9.47 Å². The third kappa shape index (κ3) is 3.39. The van der Waals surface area contributed by atoms with Crippen LogP contribution in [0.4, 0.5) is 0 Å². The van der Waals surface area contributed by atoms with Crippen LogP contribution in [-0.2, 0) is 31.4 Å². The molecule has 6 nitrogen and oxygen atoms in total. The molecule has 142 valence electrons. The fourth-order valence-electron chi connectivity index (χ4n) is 3.28. The van der Waals surface area contributed by atoms with Gasteiger partial charge in [0.1, 0.15) is 6.61 Å². The minimum atomic E-state index is -1.79. The number of aryl methyl sites for hydroxylation is 1. The van der Waals surface area contributed by atoms with Crippen molar-refractivity contribution in [2.45, 2.75) is 39.1 Å². The summed E-state index contributed by atoms with van der Waals surface area (Å²) in [6.07, 6.45) is 0.447. The molecular formula is C21H22O6. The predicted octanol–water partition coefficient (Wildman–Crippen LogP) is 3.45. The van der Waals surface area contributed by atoms with Gasteiger partial charge in [-0.05, 0) is 31.9 Å². The normalized spacial score (nSPS) is 18.2. The average Bonchev–Trinajstić information content (AvgIpc) is 2.67. The molecular weight excluding hydrogens is 348 g/mol. The summed E-state index contributed by atoms with van der Waals surface area (Å²) in [5.74, 6) is -2.57. The van der Waals surface area contributed by atoms with Crippen molar-refractivity contribution in [2.24, 2.45) is 0 Å². The lowest BCUT2D eigenvalue weighted by atomic mass is 9.79. The molecule has 1 unspecified atom stereocenters. The molecule has 0 fully saturated rings. The van der Waals surface area contributed by atoms with Gasteiger partial charge in [-0.3, -0.25) is 4.79 Å². The lowest BCUT2D eigenvalue weighted by molar-refractivity contribution is -0.395. The summed E-state index contributed by atoms with van der Waals surface area (Å²) < 4.78 is 10.9. The van der Waals surface area contributed by atoms with E-state index >= 15 is 0 Å². The number of esters is 1. The number of carbonyl (C=O) groups excluding carboxylic acids is 2. The number of hydrogen-bond donors (Lipinski definition) is 1. The van der Waals surface area contributed by atoms with Crippen LogP contribution in [-0.4, -0.2) is 29.7 Å². The highest BCUT2D eigenvalue weighted by atomic mass is 17.1. The van der Waals surface area contributed by atoms with Gasteiger partial charge in [0, 0.05) is 22.3 Å². The summed E-state index contributed by atoms with van der Waals surface area (Å²) in [7, 11) is 0. The van der Waals surface area contributed by atoms with Gasteiger partial charge in [0.05, 0.1) is 6.10 Å². The summed E-state index contributed by atoms with van der Waals surface area (Å²) in [4.78, 5) is 29.8. The first-order valence-electron chi connectivity index (χ1n) is 8.86. The van der Waals surface area contributed by atoms with Crippen molar-refractivity contribution in [1.82, 2.24) is 0 Å². The van der Waals surface area contributed by atoms with E-state index in [0.717, 1.165) is 12.0 Å². The molecule has 0 heterocycles. The van der Waals surface area contributed by atoms with Crippen LogP contribution in [0.2, 0.25) is 0 Å². The van der Waals surface area contributed by atoms with Gasteiger partial charge >= 0.3 is 5.97 Å². The maximum Gasteiger partial charge on any atom is 0.332 e. The fourth-order valence-corrected chi connectivity index (χ4v) is 3.28. The zero-order valence-corrected chi connectivity index (χ0v) is 15.5. The molecule has 0 radical (unpaired) electrons. The number of carbonyl (C=O) groups is 2. The minimum Gasteiger partial charge on any atom is -0.461 e. The second-order valence-electron chi connectivity index (χ2n) is 6.64. The Bertz CT molecular complexity index is 873. The molecule has 0 amide bonds. The summed E-state index contributed by atoms with van der Waals surface area (Å²) in [5, 5.41) is 9.85. The largest absolute Gasteiger partial charge is 0.461 e. The smallest absolute Gasteiger partial charge is 0.332 e. The minimum absolute atomic E-state index is 0.183. The van der Waals surface area contributed by atoms with Crippen molar-refractivity contribution in [3.05, 3.63) is 70.3 Å². The highest BCUT2D eigenvalue weighted by Gasteiger charge is 2.47. The van der Waals surface area contributed by atoms with Crippen LogP contribution in [0, 0.1) is 0 Å². The Hall–Kier alpha value is -2.54. The van der Waals surface area contributed by atoms with Crippen LogP contribution in [0.15, 0.2) is 42.5 Å². The summed E-state index contributed by atoms with van der Waals surface area (Å²) in [5.41, 5.74) is 2.38. The van der Waals surface area contributed by atoms with Crippen molar-refractivity contribution >= 4 is 11.8 Å². The number of rotatable bonds is 6. The van der Waals surface area contributed by atoms with Gasteiger partial charge in [0.25, 0.3) is 5.79 Å². The molecule has 6 heteroatoms. The highest BCUT2D eigenvalue weighted by molar-refractivity contribution is 6.13. The third-order valence-corrected chi connectivity index (χ3v) is 4.51. The second kappa shape index (κ2) is 7.60.